The number of carboxylic acid groups (broad SMARTS) is 1. The Morgan fingerprint density at radius 3 is 2.57 bits per heavy atom. The highest BCUT2D eigenvalue weighted by atomic mass is 16.5. The summed E-state index contributed by atoms with van der Waals surface area (Å²) in [6, 6.07) is 8.70. The molecule has 128 valence electrons. The van der Waals surface area contributed by atoms with E-state index in [1.54, 1.807) is 0 Å². The molecule has 1 aliphatic rings. The van der Waals surface area contributed by atoms with Crippen LogP contribution in [-0.4, -0.2) is 30.3 Å². The summed E-state index contributed by atoms with van der Waals surface area (Å²) in [6.45, 7) is 8.01. The molecule has 1 aromatic rings. The molecule has 0 aromatic heterocycles. The molecular weight excluding hydrogens is 290 g/mol. The van der Waals surface area contributed by atoms with E-state index in [-0.39, 0.29) is 11.3 Å². The molecule has 1 fully saturated rings. The van der Waals surface area contributed by atoms with Crippen LogP contribution in [0.2, 0.25) is 0 Å². The van der Waals surface area contributed by atoms with Crippen LogP contribution in [0.25, 0.3) is 0 Å². The van der Waals surface area contributed by atoms with Crippen LogP contribution in [0.1, 0.15) is 52.0 Å². The van der Waals surface area contributed by atoms with Gasteiger partial charge in [0.05, 0.1) is 5.92 Å². The third kappa shape index (κ3) is 5.54. The van der Waals surface area contributed by atoms with Crippen LogP contribution in [0, 0.1) is 5.92 Å². The van der Waals surface area contributed by atoms with Gasteiger partial charge in [0.25, 0.3) is 0 Å². The number of hydrogen-bond donors (Lipinski definition) is 2. The average Bonchev–Trinajstić information content (AvgIpc) is 2.51. The average molecular weight is 319 g/mol. The first-order valence-electron chi connectivity index (χ1n) is 8.56. The van der Waals surface area contributed by atoms with Gasteiger partial charge >= 0.3 is 5.97 Å². The largest absolute Gasteiger partial charge is 0.492 e. The Labute approximate surface area is 139 Å². The van der Waals surface area contributed by atoms with Crippen LogP contribution >= 0.6 is 0 Å². The summed E-state index contributed by atoms with van der Waals surface area (Å²) in [6.07, 6.45) is 3.44. The molecule has 4 nitrogen and oxygen atoms in total. The fourth-order valence-corrected chi connectivity index (χ4v) is 3.03. The van der Waals surface area contributed by atoms with E-state index in [1.807, 2.05) is 12.1 Å². The number of nitrogens with one attached hydrogen (secondary N) is 1. The molecule has 2 rings (SSSR count). The van der Waals surface area contributed by atoms with E-state index in [0.717, 1.165) is 38.0 Å². The van der Waals surface area contributed by atoms with Crippen LogP contribution in [0.15, 0.2) is 24.3 Å². The van der Waals surface area contributed by atoms with E-state index in [4.69, 9.17) is 9.84 Å². The van der Waals surface area contributed by atoms with Crippen LogP contribution < -0.4 is 10.1 Å². The Morgan fingerprint density at radius 2 is 1.96 bits per heavy atom. The lowest BCUT2D eigenvalue weighted by Gasteiger charge is -2.27. The van der Waals surface area contributed by atoms with Crippen molar-refractivity contribution in [2.75, 3.05) is 13.2 Å². The molecule has 23 heavy (non-hydrogen) atoms. The van der Waals surface area contributed by atoms with Crippen LogP contribution in [0.5, 0.6) is 5.75 Å². The summed E-state index contributed by atoms with van der Waals surface area (Å²) in [5.74, 6) is 0.115. The van der Waals surface area contributed by atoms with E-state index < -0.39 is 5.97 Å². The monoisotopic (exact) mass is 319 g/mol. The summed E-state index contributed by atoms with van der Waals surface area (Å²) >= 11 is 0. The van der Waals surface area contributed by atoms with E-state index >= 15 is 0 Å². The lowest BCUT2D eigenvalue weighted by Crippen LogP contribution is -2.37. The van der Waals surface area contributed by atoms with Crippen molar-refractivity contribution in [3.63, 3.8) is 0 Å². The van der Waals surface area contributed by atoms with Crippen molar-refractivity contribution in [2.24, 2.45) is 5.92 Å². The summed E-state index contributed by atoms with van der Waals surface area (Å²) in [5.41, 5.74) is 1.40. The van der Waals surface area contributed by atoms with E-state index in [1.165, 1.54) is 5.56 Å². The first kappa shape index (κ1) is 17.8. The lowest BCUT2D eigenvalue weighted by atomic mass is 9.86. The van der Waals surface area contributed by atoms with Crippen LogP contribution in [-0.2, 0) is 10.2 Å². The Hall–Kier alpha value is -1.55. The number of rotatable bonds is 6. The summed E-state index contributed by atoms with van der Waals surface area (Å²) in [7, 11) is 0. The van der Waals surface area contributed by atoms with Crippen LogP contribution in [0.4, 0.5) is 0 Å². The molecule has 0 spiro atoms. The smallest absolute Gasteiger partial charge is 0.306 e. The Bertz CT molecular complexity index is 514. The Balaban J connectivity index is 1.69. The normalized spacial score (nSPS) is 21.9. The number of ether oxygens (including phenoxy) is 1. The molecule has 1 aliphatic carbocycles. The number of benzene rings is 1. The SMILES string of the molecule is CC(C)(C)c1cccc(OCCNC2CCC(C(=O)O)CC2)c1. The van der Waals surface area contributed by atoms with Gasteiger partial charge in [0, 0.05) is 12.6 Å². The molecular formula is C19H29NO3. The zero-order valence-corrected chi connectivity index (χ0v) is 14.5. The van der Waals surface area contributed by atoms with Crippen molar-refractivity contribution < 1.29 is 14.6 Å². The number of carboxylic acids is 1. The minimum Gasteiger partial charge on any atom is -0.492 e. The van der Waals surface area contributed by atoms with E-state index in [0.29, 0.717) is 12.6 Å². The van der Waals surface area contributed by atoms with Gasteiger partial charge in [-0.3, -0.25) is 4.79 Å². The molecule has 0 bridgehead atoms. The Morgan fingerprint density at radius 1 is 1.26 bits per heavy atom. The maximum Gasteiger partial charge on any atom is 0.306 e. The summed E-state index contributed by atoms with van der Waals surface area (Å²) in [5, 5.41) is 12.5. The Kier molecular flexibility index (Phi) is 6.05. The van der Waals surface area contributed by atoms with Gasteiger partial charge in [-0.25, -0.2) is 0 Å². The zero-order valence-electron chi connectivity index (χ0n) is 14.5. The molecule has 0 radical (unpaired) electrons. The third-order valence-electron chi connectivity index (χ3n) is 4.58. The second-order valence-electron chi connectivity index (χ2n) is 7.47. The highest BCUT2D eigenvalue weighted by Crippen LogP contribution is 2.26. The molecule has 0 amide bonds. The van der Waals surface area contributed by atoms with Gasteiger partial charge in [-0.15, -0.1) is 0 Å². The highest BCUT2D eigenvalue weighted by Gasteiger charge is 2.25. The quantitative estimate of drug-likeness (QED) is 0.787. The topological polar surface area (TPSA) is 58.6 Å². The van der Waals surface area contributed by atoms with Crippen molar-refractivity contribution in [3.8, 4) is 5.75 Å². The van der Waals surface area contributed by atoms with Gasteiger partial charge < -0.3 is 15.2 Å². The van der Waals surface area contributed by atoms with Gasteiger partial charge in [-0.05, 0) is 48.8 Å². The fourth-order valence-electron chi connectivity index (χ4n) is 3.03. The van der Waals surface area contributed by atoms with Crippen molar-refractivity contribution >= 4 is 5.97 Å². The van der Waals surface area contributed by atoms with E-state index in [2.05, 4.69) is 38.2 Å². The minimum atomic E-state index is -0.648. The second-order valence-corrected chi connectivity index (χ2v) is 7.47. The van der Waals surface area contributed by atoms with Crippen molar-refractivity contribution in [1.82, 2.24) is 5.32 Å². The standard InChI is InChI=1S/C19H29NO3/c1-19(2,3)15-5-4-6-17(13-15)23-12-11-20-16-9-7-14(8-10-16)18(21)22/h4-6,13-14,16,20H,7-12H2,1-3H3,(H,21,22). The molecule has 2 N–H and O–H groups in total. The molecule has 0 aliphatic heterocycles. The van der Waals surface area contributed by atoms with Crippen molar-refractivity contribution in [1.29, 1.82) is 0 Å². The maximum absolute atomic E-state index is 10.9. The van der Waals surface area contributed by atoms with Gasteiger partial charge in [0.1, 0.15) is 12.4 Å². The molecule has 1 aromatic carbocycles. The lowest BCUT2D eigenvalue weighted by molar-refractivity contribution is -0.142. The second kappa shape index (κ2) is 7.82. The summed E-state index contributed by atoms with van der Waals surface area (Å²) < 4.78 is 5.84. The van der Waals surface area contributed by atoms with Gasteiger partial charge in [0.15, 0.2) is 0 Å². The van der Waals surface area contributed by atoms with Crippen molar-refractivity contribution in [2.45, 2.75) is 57.9 Å². The van der Waals surface area contributed by atoms with Gasteiger partial charge in [0.2, 0.25) is 0 Å². The van der Waals surface area contributed by atoms with Gasteiger partial charge in [-0.2, -0.15) is 0 Å². The molecule has 0 saturated heterocycles. The molecule has 0 heterocycles. The first-order valence-corrected chi connectivity index (χ1v) is 8.56. The maximum atomic E-state index is 10.9. The number of carbonyl (C=O) groups is 1. The zero-order chi connectivity index (χ0) is 16.9. The molecule has 0 unspecified atom stereocenters. The molecule has 0 atom stereocenters. The van der Waals surface area contributed by atoms with Crippen LogP contribution in [0.3, 0.4) is 0 Å². The number of hydrogen-bond acceptors (Lipinski definition) is 3. The molecule has 1 saturated carbocycles. The van der Waals surface area contributed by atoms with E-state index in [9.17, 15) is 4.79 Å². The predicted octanol–water partition coefficient (Wildman–Crippen LogP) is 3.60. The molecule has 4 heteroatoms. The van der Waals surface area contributed by atoms with Gasteiger partial charge in [-0.1, -0.05) is 32.9 Å². The fraction of sp³-hybridized carbons (Fsp3) is 0.632. The predicted molar refractivity (Wildman–Crippen MR) is 92.0 cm³/mol. The highest BCUT2D eigenvalue weighted by molar-refractivity contribution is 5.70. The first-order chi connectivity index (χ1) is 10.9. The third-order valence-corrected chi connectivity index (χ3v) is 4.58. The van der Waals surface area contributed by atoms with Crippen molar-refractivity contribution in [3.05, 3.63) is 29.8 Å². The summed E-state index contributed by atoms with van der Waals surface area (Å²) in [4.78, 5) is 10.9. The minimum absolute atomic E-state index is 0.125. The number of aliphatic carboxylic acids is 1.